The van der Waals surface area contributed by atoms with E-state index in [0.717, 1.165) is 0 Å². The average Bonchev–Trinajstić information content (AvgIpc) is 1.90. The van der Waals surface area contributed by atoms with Crippen molar-refractivity contribution in [1.82, 2.24) is 0 Å². The first kappa shape index (κ1) is 4.10. The summed E-state index contributed by atoms with van der Waals surface area (Å²) in [6, 6.07) is 0. The van der Waals surface area contributed by atoms with Crippen LogP contribution in [0.3, 0.4) is 0 Å². The zero-order valence-corrected chi connectivity index (χ0v) is 3.83. The average molecular weight is 91.1 g/mol. The molecular formula is C6H5N. The molecule has 0 spiro atoms. The van der Waals surface area contributed by atoms with Crippen molar-refractivity contribution in [2.75, 3.05) is 0 Å². The van der Waals surface area contributed by atoms with E-state index in [-0.39, 0.29) is 0 Å². The third-order valence-electron chi connectivity index (χ3n) is 0.625. The van der Waals surface area contributed by atoms with Crippen LogP contribution in [0.1, 0.15) is 0 Å². The highest BCUT2D eigenvalue weighted by atomic mass is 14.6. The fourth-order valence-electron chi connectivity index (χ4n) is 0.340. The van der Waals surface area contributed by atoms with Gasteiger partial charge in [0.1, 0.15) is 0 Å². The van der Waals surface area contributed by atoms with E-state index in [9.17, 15) is 0 Å². The lowest BCUT2D eigenvalue weighted by atomic mass is 10.5. The fourth-order valence-corrected chi connectivity index (χ4v) is 0.340. The lowest BCUT2D eigenvalue weighted by molar-refractivity contribution is 1.62. The summed E-state index contributed by atoms with van der Waals surface area (Å²) in [5.74, 6) is 0. The minimum atomic E-state index is 1.62. The van der Waals surface area contributed by atoms with Crippen LogP contribution in [0.15, 0.2) is 35.2 Å². The van der Waals surface area contributed by atoms with Crippen molar-refractivity contribution < 1.29 is 0 Å². The van der Waals surface area contributed by atoms with Crippen molar-refractivity contribution in [1.29, 1.82) is 0 Å². The topological polar surface area (TPSA) is 12.4 Å². The zero-order chi connectivity index (χ0) is 4.95. The van der Waals surface area contributed by atoms with Crippen LogP contribution in [0.4, 0.5) is 0 Å². The van der Waals surface area contributed by atoms with Crippen LogP contribution in [-0.2, 0) is 0 Å². The molecule has 1 aliphatic rings. The maximum Gasteiger partial charge on any atom is 0.0686 e. The Morgan fingerprint density at radius 3 is 3.29 bits per heavy atom. The Kier molecular flexibility index (Phi) is 1.27. The number of nitrogens with zero attached hydrogens (tertiary/aromatic N) is 1. The molecule has 0 bridgehead atoms. The Labute approximate surface area is 42.4 Å². The molecule has 0 aromatic rings. The second-order valence-corrected chi connectivity index (χ2v) is 1.15. The molecule has 0 unspecified atom stereocenters. The van der Waals surface area contributed by atoms with Crippen molar-refractivity contribution in [2.24, 2.45) is 4.99 Å². The summed E-state index contributed by atoms with van der Waals surface area (Å²) in [6.07, 6.45) is 8.90. The van der Waals surface area contributed by atoms with Crippen LogP contribution in [0, 0.1) is 0 Å². The zero-order valence-electron chi connectivity index (χ0n) is 3.83. The highest BCUT2D eigenvalue weighted by molar-refractivity contribution is 5.72. The van der Waals surface area contributed by atoms with Gasteiger partial charge in [-0.15, -0.1) is 5.73 Å². The Hall–Kier alpha value is -1.07. The maximum atomic E-state index is 3.79. The van der Waals surface area contributed by atoms with E-state index in [0.29, 0.717) is 0 Å². The van der Waals surface area contributed by atoms with Crippen LogP contribution in [0.5, 0.6) is 0 Å². The second-order valence-electron chi connectivity index (χ2n) is 1.15. The van der Waals surface area contributed by atoms with E-state index in [2.05, 4.69) is 10.7 Å². The summed E-state index contributed by atoms with van der Waals surface area (Å²) in [6.45, 7) is 0. The normalized spacial score (nSPS) is 14.9. The fraction of sp³-hybridized carbons (Fsp3) is 0. The van der Waals surface area contributed by atoms with Crippen molar-refractivity contribution in [2.45, 2.75) is 0 Å². The molecule has 7 heavy (non-hydrogen) atoms. The molecule has 0 aliphatic carbocycles. The van der Waals surface area contributed by atoms with Crippen molar-refractivity contribution in [3.8, 4) is 0 Å². The molecule has 34 valence electrons. The molecule has 0 N–H and O–H groups in total. The van der Waals surface area contributed by atoms with Gasteiger partial charge in [-0.3, -0.25) is 4.99 Å². The van der Waals surface area contributed by atoms with E-state index in [1.54, 1.807) is 12.4 Å². The van der Waals surface area contributed by atoms with Crippen LogP contribution in [-0.4, -0.2) is 6.21 Å². The molecule has 1 aliphatic heterocycles. The van der Waals surface area contributed by atoms with Gasteiger partial charge >= 0.3 is 0 Å². The van der Waals surface area contributed by atoms with Gasteiger partial charge in [0, 0.05) is 6.21 Å². The van der Waals surface area contributed by atoms with Gasteiger partial charge in [0.2, 0.25) is 0 Å². The van der Waals surface area contributed by atoms with Crippen LogP contribution in [0.25, 0.3) is 0 Å². The predicted octanol–water partition coefficient (Wildman–Crippen LogP) is 1.30. The lowest BCUT2D eigenvalue weighted by Crippen LogP contribution is -1.53. The van der Waals surface area contributed by atoms with E-state index < -0.39 is 0 Å². The predicted molar refractivity (Wildman–Crippen MR) is 30.3 cm³/mol. The highest BCUT2D eigenvalue weighted by Gasteiger charge is 1.63. The first-order valence-electron chi connectivity index (χ1n) is 2.09. The minimum absolute atomic E-state index is 1.62. The van der Waals surface area contributed by atoms with Gasteiger partial charge in [-0.2, -0.15) is 0 Å². The van der Waals surface area contributed by atoms with Crippen molar-refractivity contribution >= 4 is 6.21 Å². The molecule has 0 fully saturated rings. The summed E-state index contributed by atoms with van der Waals surface area (Å²) < 4.78 is 0. The third kappa shape index (κ3) is 1.20. The first-order chi connectivity index (χ1) is 3.50. The Bertz CT molecular complexity index is 141. The van der Waals surface area contributed by atoms with Crippen LogP contribution < -0.4 is 0 Å². The van der Waals surface area contributed by atoms with Gasteiger partial charge in [0.15, 0.2) is 0 Å². The molecule has 1 heterocycles. The largest absolute Gasteiger partial charge is 0.256 e. The molecule has 1 heteroatoms. The SMILES string of the molecule is C1=CC=CC=NC=1. The molecule has 0 amide bonds. The van der Waals surface area contributed by atoms with Crippen LogP contribution >= 0.6 is 0 Å². The number of allylic oxidation sites excluding steroid dienone is 3. The minimum Gasteiger partial charge on any atom is -0.256 e. The highest BCUT2D eigenvalue weighted by Crippen LogP contribution is 1.78. The Balaban J connectivity index is 2.86. The summed E-state index contributed by atoms with van der Waals surface area (Å²) in [4.78, 5) is 3.79. The lowest BCUT2D eigenvalue weighted by Gasteiger charge is -1.61. The summed E-state index contributed by atoms with van der Waals surface area (Å²) in [7, 11) is 0. The molecule has 1 nitrogen and oxygen atoms in total. The van der Waals surface area contributed by atoms with E-state index in [4.69, 9.17) is 0 Å². The number of hydrogen-bond acceptors (Lipinski definition) is 1. The van der Waals surface area contributed by atoms with Crippen molar-refractivity contribution in [3.05, 3.63) is 30.2 Å². The molecule has 0 atom stereocenters. The molecular weight excluding hydrogens is 86.1 g/mol. The number of aliphatic imine (C=N–C) groups is 1. The molecule has 1 rings (SSSR count). The van der Waals surface area contributed by atoms with Crippen molar-refractivity contribution in [3.63, 3.8) is 0 Å². The molecule has 0 saturated carbocycles. The second kappa shape index (κ2) is 2.17. The first-order valence-corrected chi connectivity index (χ1v) is 2.09. The van der Waals surface area contributed by atoms with E-state index in [1.165, 1.54) is 0 Å². The van der Waals surface area contributed by atoms with Gasteiger partial charge in [-0.05, 0) is 12.2 Å². The summed E-state index contributed by atoms with van der Waals surface area (Å²) >= 11 is 0. The van der Waals surface area contributed by atoms with Gasteiger partial charge in [0.25, 0.3) is 0 Å². The number of rotatable bonds is 0. The van der Waals surface area contributed by atoms with Gasteiger partial charge < -0.3 is 0 Å². The van der Waals surface area contributed by atoms with Crippen LogP contribution in [0.2, 0.25) is 0 Å². The third-order valence-corrected chi connectivity index (χ3v) is 0.625. The Morgan fingerprint density at radius 1 is 1.29 bits per heavy atom. The van der Waals surface area contributed by atoms with E-state index in [1.807, 2.05) is 18.2 Å². The summed E-state index contributed by atoms with van der Waals surface area (Å²) in [5.41, 5.74) is 2.81. The number of hydrogen-bond donors (Lipinski definition) is 0. The molecule has 0 aromatic heterocycles. The van der Waals surface area contributed by atoms with Gasteiger partial charge in [-0.1, -0.05) is 6.08 Å². The molecule has 0 saturated heterocycles. The summed E-state index contributed by atoms with van der Waals surface area (Å²) in [5, 5.41) is 0. The van der Waals surface area contributed by atoms with Gasteiger partial charge in [0.05, 0.1) is 6.20 Å². The van der Waals surface area contributed by atoms with Gasteiger partial charge in [-0.25, -0.2) is 0 Å². The molecule has 0 aromatic carbocycles. The monoisotopic (exact) mass is 91.0 g/mol. The molecule has 0 radical (unpaired) electrons. The maximum absolute atomic E-state index is 3.79. The standard InChI is InChI=1S/C6H5N/c1-2-4-6-7-5-3-1/h1-3,5-6H. The smallest absolute Gasteiger partial charge is 0.0686 e. The Morgan fingerprint density at radius 2 is 2.29 bits per heavy atom. The van der Waals surface area contributed by atoms with E-state index >= 15 is 0 Å². The quantitative estimate of drug-likeness (QED) is 0.398.